The zero-order valence-electron chi connectivity index (χ0n) is 14.3. The number of carbonyl (C=O) groups is 2. The Balaban J connectivity index is 2.20. The van der Waals surface area contributed by atoms with Crippen molar-refractivity contribution in [2.45, 2.75) is 44.9 Å². The maximum atomic E-state index is 12.6. The van der Waals surface area contributed by atoms with Crippen LogP contribution in [0.5, 0.6) is 0 Å². The molecule has 0 unspecified atom stereocenters. The zero-order valence-corrected chi connectivity index (χ0v) is 15.9. The number of halogens is 1. The van der Waals surface area contributed by atoms with Gasteiger partial charge in [0.15, 0.2) is 0 Å². The summed E-state index contributed by atoms with van der Waals surface area (Å²) < 4.78 is 11.1. The lowest BCUT2D eigenvalue weighted by Gasteiger charge is -2.28. The summed E-state index contributed by atoms with van der Waals surface area (Å²) in [6.45, 7) is 5.88. The van der Waals surface area contributed by atoms with Crippen molar-refractivity contribution >= 4 is 28.1 Å². The fraction of sp³-hybridized carbons (Fsp3) is 0.529. The summed E-state index contributed by atoms with van der Waals surface area (Å²) in [6.07, 6.45) is -0.277. The van der Waals surface area contributed by atoms with Gasteiger partial charge in [0.1, 0.15) is 5.60 Å². The van der Waals surface area contributed by atoms with Gasteiger partial charge in [-0.25, -0.2) is 9.59 Å². The third-order valence-corrected chi connectivity index (χ3v) is 4.22. The van der Waals surface area contributed by atoms with E-state index >= 15 is 0 Å². The van der Waals surface area contributed by atoms with Crippen LogP contribution >= 0.6 is 15.9 Å². The summed E-state index contributed by atoms with van der Waals surface area (Å²) in [5, 5.41) is 2.77. The molecule has 0 spiro atoms. The number of methoxy groups -OCH3 is 1. The van der Waals surface area contributed by atoms with Gasteiger partial charge in [0.25, 0.3) is 0 Å². The standard InChI is InChI=1S/C17H23BrN2O4/c1-17(2,3)24-16(22)20-10-13(19-15(21)23-4)9-14(20)11-5-7-12(18)8-6-11/h5-8,13-14H,9-10H2,1-4H3,(H,19,21)/t13-,14-/m1/s1. The molecular formula is C17H23BrN2O4. The van der Waals surface area contributed by atoms with E-state index in [1.807, 2.05) is 45.0 Å². The maximum absolute atomic E-state index is 12.6. The van der Waals surface area contributed by atoms with E-state index in [0.29, 0.717) is 13.0 Å². The molecule has 2 atom stereocenters. The van der Waals surface area contributed by atoms with Crippen LogP contribution in [0.2, 0.25) is 0 Å². The predicted molar refractivity (Wildman–Crippen MR) is 93.8 cm³/mol. The third kappa shape index (κ3) is 4.87. The van der Waals surface area contributed by atoms with Crippen molar-refractivity contribution in [2.24, 2.45) is 0 Å². The van der Waals surface area contributed by atoms with Crippen molar-refractivity contribution < 1.29 is 19.1 Å². The van der Waals surface area contributed by atoms with E-state index < -0.39 is 11.7 Å². The molecule has 0 bridgehead atoms. The van der Waals surface area contributed by atoms with Crippen molar-refractivity contribution in [2.75, 3.05) is 13.7 Å². The largest absolute Gasteiger partial charge is 0.453 e. The van der Waals surface area contributed by atoms with E-state index in [9.17, 15) is 9.59 Å². The fourth-order valence-corrected chi connectivity index (χ4v) is 2.95. The Morgan fingerprint density at radius 2 is 1.88 bits per heavy atom. The molecule has 1 N–H and O–H groups in total. The van der Waals surface area contributed by atoms with Gasteiger partial charge in [-0.15, -0.1) is 0 Å². The summed E-state index contributed by atoms with van der Waals surface area (Å²) in [5.74, 6) is 0. The quantitative estimate of drug-likeness (QED) is 0.820. The van der Waals surface area contributed by atoms with E-state index in [-0.39, 0.29) is 18.2 Å². The van der Waals surface area contributed by atoms with Crippen LogP contribution in [0, 0.1) is 0 Å². The third-order valence-electron chi connectivity index (χ3n) is 3.69. The van der Waals surface area contributed by atoms with Gasteiger partial charge in [0, 0.05) is 11.0 Å². The van der Waals surface area contributed by atoms with Crippen LogP contribution in [-0.4, -0.2) is 42.4 Å². The highest BCUT2D eigenvalue weighted by molar-refractivity contribution is 9.10. The molecule has 1 heterocycles. The number of hydrogen-bond donors (Lipinski definition) is 1. The van der Waals surface area contributed by atoms with E-state index in [1.165, 1.54) is 7.11 Å². The Hall–Kier alpha value is -1.76. The molecule has 132 valence electrons. The number of likely N-dealkylation sites (tertiary alicyclic amines) is 1. The van der Waals surface area contributed by atoms with E-state index in [1.54, 1.807) is 4.90 Å². The molecule has 0 aromatic heterocycles. The molecule has 1 aromatic rings. The number of carbonyl (C=O) groups excluding carboxylic acids is 2. The molecule has 2 amide bonds. The average Bonchev–Trinajstić information content (AvgIpc) is 2.90. The molecule has 24 heavy (non-hydrogen) atoms. The van der Waals surface area contributed by atoms with E-state index in [0.717, 1.165) is 10.0 Å². The number of benzene rings is 1. The SMILES string of the molecule is COC(=O)N[C@@H]1C[C@H](c2ccc(Br)cc2)N(C(=O)OC(C)(C)C)C1. The number of alkyl carbamates (subject to hydrolysis) is 1. The maximum Gasteiger partial charge on any atom is 0.410 e. The smallest absolute Gasteiger partial charge is 0.410 e. The van der Waals surface area contributed by atoms with Gasteiger partial charge in [-0.1, -0.05) is 28.1 Å². The van der Waals surface area contributed by atoms with Crippen LogP contribution in [0.15, 0.2) is 28.7 Å². The van der Waals surface area contributed by atoms with Gasteiger partial charge < -0.3 is 14.8 Å². The fourth-order valence-electron chi connectivity index (χ4n) is 2.69. The van der Waals surface area contributed by atoms with Crippen LogP contribution in [0.4, 0.5) is 9.59 Å². The minimum atomic E-state index is -0.574. The lowest BCUT2D eigenvalue weighted by Crippen LogP contribution is -2.40. The average molecular weight is 399 g/mol. The first-order chi connectivity index (χ1) is 11.2. The van der Waals surface area contributed by atoms with Crippen molar-refractivity contribution in [1.29, 1.82) is 0 Å². The molecule has 1 fully saturated rings. The molecule has 2 rings (SSSR count). The van der Waals surface area contributed by atoms with Gasteiger partial charge in [0.2, 0.25) is 0 Å². The molecule has 7 heteroatoms. The van der Waals surface area contributed by atoms with Gasteiger partial charge in [-0.05, 0) is 44.9 Å². The highest BCUT2D eigenvalue weighted by Gasteiger charge is 2.39. The number of amides is 2. The normalized spacial score (nSPS) is 20.6. The molecule has 1 aliphatic heterocycles. The Kier molecular flexibility index (Phi) is 5.74. The van der Waals surface area contributed by atoms with Crippen LogP contribution in [0.25, 0.3) is 0 Å². The first kappa shape index (κ1) is 18.6. The second-order valence-corrected chi connectivity index (χ2v) is 7.68. The first-order valence-corrected chi connectivity index (χ1v) is 8.58. The van der Waals surface area contributed by atoms with Crippen molar-refractivity contribution in [3.05, 3.63) is 34.3 Å². The Morgan fingerprint density at radius 3 is 2.42 bits per heavy atom. The second-order valence-electron chi connectivity index (χ2n) is 6.77. The minimum Gasteiger partial charge on any atom is -0.453 e. The highest BCUT2D eigenvalue weighted by Crippen LogP contribution is 2.34. The van der Waals surface area contributed by atoms with Gasteiger partial charge in [0.05, 0.1) is 19.2 Å². The lowest BCUT2D eigenvalue weighted by atomic mass is 10.0. The summed E-state index contributed by atoms with van der Waals surface area (Å²) in [7, 11) is 1.32. The Morgan fingerprint density at radius 1 is 1.25 bits per heavy atom. The van der Waals surface area contributed by atoms with Crippen molar-refractivity contribution in [3.8, 4) is 0 Å². The molecular weight excluding hydrogens is 376 g/mol. The number of ether oxygens (including phenoxy) is 2. The van der Waals surface area contributed by atoms with Crippen molar-refractivity contribution in [1.82, 2.24) is 10.2 Å². The van der Waals surface area contributed by atoms with Crippen LogP contribution in [-0.2, 0) is 9.47 Å². The summed E-state index contributed by atoms with van der Waals surface area (Å²) in [6, 6.07) is 7.46. The molecule has 0 aliphatic carbocycles. The van der Waals surface area contributed by atoms with Gasteiger partial charge in [-0.3, -0.25) is 4.90 Å². The van der Waals surface area contributed by atoms with E-state index in [4.69, 9.17) is 4.74 Å². The topological polar surface area (TPSA) is 67.9 Å². The molecule has 1 saturated heterocycles. The molecule has 6 nitrogen and oxygen atoms in total. The summed E-state index contributed by atoms with van der Waals surface area (Å²) >= 11 is 3.41. The number of rotatable bonds is 2. The highest BCUT2D eigenvalue weighted by atomic mass is 79.9. The van der Waals surface area contributed by atoms with E-state index in [2.05, 4.69) is 26.0 Å². The number of hydrogen-bond acceptors (Lipinski definition) is 4. The Bertz CT molecular complexity index is 598. The summed E-state index contributed by atoms with van der Waals surface area (Å²) in [4.78, 5) is 25.7. The van der Waals surface area contributed by atoms with Crippen LogP contribution in [0.3, 0.4) is 0 Å². The van der Waals surface area contributed by atoms with Crippen LogP contribution in [0.1, 0.15) is 38.8 Å². The minimum absolute atomic E-state index is 0.157. The number of nitrogens with one attached hydrogen (secondary N) is 1. The zero-order chi connectivity index (χ0) is 17.9. The van der Waals surface area contributed by atoms with Gasteiger partial charge >= 0.3 is 12.2 Å². The van der Waals surface area contributed by atoms with Crippen LogP contribution < -0.4 is 5.32 Å². The first-order valence-electron chi connectivity index (χ1n) is 7.79. The molecule has 0 radical (unpaired) electrons. The monoisotopic (exact) mass is 398 g/mol. The molecule has 1 aliphatic rings. The lowest BCUT2D eigenvalue weighted by molar-refractivity contribution is 0.0221. The second kappa shape index (κ2) is 7.42. The van der Waals surface area contributed by atoms with Crippen molar-refractivity contribution in [3.63, 3.8) is 0 Å². The Labute approximate surface area is 150 Å². The number of nitrogens with zero attached hydrogens (tertiary/aromatic N) is 1. The van der Waals surface area contributed by atoms with Gasteiger partial charge in [-0.2, -0.15) is 0 Å². The molecule has 1 aromatic carbocycles. The molecule has 0 saturated carbocycles. The summed E-state index contributed by atoms with van der Waals surface area (Å²) in [5.41, 5.74) is 0.424. The predicted octanol–water partition coefficient (Wildman–Crippen LogP) is 3.86.